The van der Waals surface area contributed by atoms with Gasteiger partial charge in [-0.2, -0.15) is 13.2 Å². The molecular weight excluding hydrogens is 263 g/mol. The lowest BCUT2D eigenvalue weighted by Gasteiger charge is -2.12. The number of rotatable bonds is 6. The van der Waals surface area contributed by atoms with E-state index in [-0.39, 0.29) is 23.6 Å². The molecule has 1 atom stereocenters. The molecule has 1 aromatic rings. The summed E-state index contributed by atoms with van der Waals surface area (Å²) in [4.78, 5) is 0. The molecule has 6 heteroatoms. The second-order valence-corrected chi connectivity index (χ2v) is 5.06. The maximum atomic E-state index is 11.9. The molecule has 0 aromatic heterocycles. The summed E-state index contributed by atoms with van der Waals surface area (Å²) in [6.45, 7) is 0. The molecule has 1 rings (SSSR count). The molecule has 1 aromatic carbocycles. The molecule has 2 nitrogen and oxygen atoms in total. The van der Waals surface area contributed by atoms with Crippen LogP contribution in [0.3, 0.4) is 0 Å². The van der Waals surface area contributed by atoms with Crippen molar-refractivity contribution in [1.82, 2.24) is 0 Å². The molecule has 0 heterocycles. The minimum atomic E-state index is -4.17. The highest BCUT2D eigenvalue weighted by molar-refractivity contribution is 8.00. The van der Waals surface area contributed by atoms with Gasteiger partial charge in [0.1, 0.15) is 5.75 Å². The number of halogens is 3. The average molecular weight is 279 g/mol. The molecule has 0 aliphatic carbocycles. The summed E-state index contributed by atoms with van der Waals surface area (Å²) in [5.41, 5.74) is 2.61. The molecule has 0 aliphatic heterocycles. The first-order valence-electron chi connectivity index (χ1n) is 5.50. The van der Waals surface area contributed by atoms with E-state index in [9.17, 15) is 13.2 Å². The zero-order valence-corrected chi connectivity index (χ0v) is 10.9. The second kappa shape index (κ2) is 6.89. The number of hydrogen-bond acceptors (Lipinski definition) is 3. The van der Waals surface area contributed by atoms with E-state index >= 15 is 0 Å². The Morgan fingerprint density at radius 3 is 2.72 bits per heavy atom. The summed E-state index contributed by atoms with van der Waals surface area (Å²) < 4.78 is 40.9. The molecule has 0 saturated carbocycles. The van der Waals surface area contributed by atoms with Crippen molar-refractivity contribution in [3.05, 3.63) is 29.8 Å². The SMILES string of the molecule is COc1cccc(CC(N)CCSC(F)(F)F)c1. The molecule has 0 bridgehead atoms. The molecule has 0 spiro atoms. The van der Waals surface area contributed by atoms with Crippen molar-refractivity contribution in [3.63, 3.8) is 0 Å². The highest BCUT2D eigenvalue weighted by Gasteiger charge is 2.27. The first kappa shape index (κ1) is 15.2. The van der Waals surface area contributed by atoms with Gasteiger partial charge < -0.3 is 10.5 Å². The zero-order valence-electron chi connectivity index (χ0n) is 10.0. The first-order chi connectivity index (χ1) is 8.40. The summed E-state index contributed by atoms with van der Waals surface area (Å²) in [7, 11) is 1.57. The number of nitrogens with two attached hydrogens (primary N) is 1. The summed E-state index contributed by atoms with van der Waals surface area (Å²) in [5, 5.41) is 0. The third-order valence-corrected chi connectivity index (χ3v) is 3.15. The summed E-state index contributed by atoms with van der Waals surface area (Å²) in [5.74, 6) is 0.721. The number of alkyl halides is 3. The summed E-state index contributed by atoms with van der Waals surface area (Å²) >= 11 is -0.0246. The Labute approximate surface area is 109 Å². The monoisotopic (exact) mass is 279 g/mol. The van der Waals surface area contributed by atoms with E-state index in [0.29, 0.717) is 12.8 Å². The van der Waals surface area contributed by atoms with Crippen LogP contribution in [0, 0.1) is 0 Å². The molecule has 1 unspecified atom stereocenters. The normalized spacial score (nSPS) is 13.4. The Hall–Kier alpha value is -0.880. The van der Waals surface area contributed by atoms with Crippen LogP contribution in [-0.2, 0) is 6.42 Å². The maximum Gasteiger partial charge on any atom is 0.441 e. The molecule has 2 N–H and O–H groups in total. The lowest BCUT2D eigenvalue weighted by Crippen LogP contribution is -2.24. The molecule has 0 fully saturated rings. The number of hydrogen-bond donors (Lipinski definition) is 1. The Kier molecular flexibility index (Phi) is 5.81. The molecule has 0 amide bonds. The van der Waals surface area contributed by atoms with Gasteiger partial charge in [0, 0.05) is 11.8 Å². The van der Waals surface area contributed by atoms with E-state index in [0.717, 1.165) is 11.3 Å². The van der Waals surface area contributed by atoms with Gasteiger partial charge in [0.05, 0.1) is 7.11 Å². The quantitative estimate of drug-likeness (QED) is 0.868. The van der Waals surface area contributed by atoms with E-state index in [1.54, 1.807) is 7.11 Å². The fraction of sp³-hybridized carbons (Fsp3) is 0.500. The first-order valence-corrected chi connectivity index (χ1v) is 6.48. The van der Waals surface area contributed by atoms with Crippen molar-refractivity contribution in [2.24, 2.45) is 5.73 Å². The minimum absolute atomic E-state index is 0.00532. The van der Waals surface area contributed by atoms with Gasteiger partial charge in [0.15, 0.2) is 0 Å². The average Bonchev–Trinajstić information content (AvgIpc) is 2.27. The van der Waals surface area contributed by atoms with Gasteiger partial charge in [-0.3, -0.25) is 0 Å². The molecular formula is C12H16F3NOS. The van der Waals surface area contributed by atoms with E-state index in [2.05, 4.69) is 0 Å². The number of methoxy groups -OCH3 is 1. The van der Waals surface area contributed by atoms with Crippen LogP contribution >= 0.6 is 11.8 Å². The highest BCUT2D eigenvalue weighted by atomic mass is 32.2. The molecule has 102 valence electrons. The van der Waals surface area contributed by atoms with Crippen LogP contribution < -0.4 is 10.5 Å². The van der Waals surface area contributed by atoms with E-state index in [1.165, 1.54) is 0 Å². The van der Waals surface area contributed by atoms with Gasteiger partial charge in [-0.15, -0.1) is 0 Å². The van der Waals surface area contributed by atoms with Gasteiger partial charge in [-0.25, -0.2) is 0 Å². The predicted octanol–water partition coefficient (Wildman–Crippen LogP) is 3.21. The fourth-order valence-electron chi connectivity index (χ4n) is 1.53. The predicted molar refractivity (Wildman–Crippen MR) is 67.8 cm³/mol. The maximum absolute atomic E-state index is 11.9. The van der Waals surface area contributed by atoms with Crippen LogP contribution in [0.5, 0.6) is 5.75 Å². The topological polar surface area (TPSA) is 35.2 Å². The largest absolute Gasteiger partial charge is 0.497 e. The van der Waals surface area contributed by atoms with Crippen LogP contribution in [-0.4, -0.2) is 24.4 Å². The third-order valence-electron chi connectivity index (χ3n) is 2.39. The van der Waals surface area contributed by atoms with Gasteiger partial charge in [-0.1, -0.05) is 23.9 Å². The number of ether oxygens (including phenoxy) is 1. The van der Waals surface area contributed by atoms with Crippen molar-refractivity contribution in [2.45, 2.75) is 24.4 Å². The standard InChI is InChI=1S/C12H16F3NOS/c1-17-11-4-2-3-9(8-11)7-10(16)5-6-18-12(13,14)15/h2-4,8,10H,5-7,16H2,1H3. The third kappa shape index (κ3) is 6.16. The Bertz CT molecular complexity index is 371. The van der Waals surface area contributed by atoms with Crippen LogP contribution in [0.2, 0.25) is 0 Å². The number of benzene rings is 1. The van der Waals surface area contributed by atoms with Crippen molar-refractivity contribution in [1.29, 1.82) is 0 Å². The Morgan fingerprint density at radius 1 is 1.39 bits per heavy atom. The number of thioether (sulfide) groups is 1. The van der Waals surface area contributed by atoms with Crippen molar-refractivity contribution >= 4 is 11.8 Å². The summed E-state index contributed by atoms with van der Waals surface area (Å²) in [6.07, 6.45) is 0.886. The van der Waals surface area contributed by atoms with Gasteiger partial charge in [0.25, 0.3) is 0 Å². The van der Waals surface area contributed by atoms with Gasteiger partial charge >= 0.3 is 5.51 Å². The van der Waals surface area contributed by atoms with Crippen LogP contribution in [0.4, 0.5) is 13.2 Å². The zero-order chi connectivity index (χ0) is 13.6. The van der Waals surface area contributed by atoms with E-state index < -0.39 is 5.51 Å². The lowest BCUT2D eigenvalue weighted by atomic mass is 10.0. The fourth-order valence-corrected chi connectivity index (χ4v) is 2.18. The van der Waals surface area contributed by atoms with E-state index in [1.807, 2.05) is 24.3 Å². The van der Waals surface area contributed by atoms with Crippen LogP contribution in [0.25, 0.3) is 0 Å². The molecule has 0 radical (unpaired) electrons. The smallest absolute Gasteiger partial charge is 0.441 e. The van der Waals surface area contributed by atoms with E-state index in [4.69, 9.17) is 10.5 Å². The van der Waals surface area contributed by atoms with Crippen molar-refractivity contribution in [2.75, 3.05) is 12.9 Å². The van der Waals surface area contributed by atoms with Crippen molar-refractivity contribution in [3.8, 4) is 5.75 Å². The minimum Gasteiger partial charge on any atom is -0.497 e. The Balaban J connectivity index is 2.37. The molecule has 0 aliphatic rings. The van der Waals surface area contributed by atoms with Gasteiger partial charge in [0.2, 0.25) is 0 Å². The van der Waals surface area contributed by atoms with Crippen LogP contribution in [0.15, 0.2) is 24.3 Å². The molecule has 0 saturated heterocycles. The highest BCUT2D eigenvalue weighted by Crippen LogP contribution is 2.30. The van der Waals surface area contributed by atoms with Crippen LogP contribution in [0.1, 0.15) is 12.0 Å². The summed E-state index contributed by atoms with van der Waals surface area (Å²) in [6, 6.07) is 7.11. The van der Waals surface area contributed by atoms with Gasteiger partial charge in [-0.05, 0) is 30.5 Å². The molecule has 18 heavy (non-hydrogen) atoms. The Morgan fingerprint density at radius 2 is 2.11 bits per heavy atom. The lowest BCUT2D eigenvalue weighted by molar-refractivity contribution is -0.0328. The second-order valence-electron chi connectivity index (χ2n) is 3.90. The van der Waals surface area contributed by atoms with Crippen molar-refractivity contribution < 1.29 is 17.9 Å².